The van der Waals surface area contributed by atoms with E-state index in [1.165, 1.54) is 23.5 Å². The van der Waals surface area contributed by atoms with Crippen LogP contribution in [0.15, 0.2) is 39.2 Å². The van der Waals surface area contributed by atoms with Crippen LogP contribution in [0.25, 0.3) is 0 Å². The number of fused-ring (bicyclic) bond motifs is 1. The van der Waals surface area contributed by atoms with Gasteiger partial charge in [0.15, 0.2) is 4.38 Å². The van der Waals surface area contributed by atoms with Gasteiger partial charge in [-0.3, -0.25) is 9.80 Å². The van der Waals surface area contributed by atoms with Crippen molar-refractivity contribution < 1.29 is 0 Å². The fourth-order valence-corrected chi connectivity index (χ4v) is 4.28. The third-order valence-corrected chi connectivity index (χ3v) is 5.58. The van der Waals surface area contributed by atoms with E-state index < -0.39 is 0 Å². The Balaban J connectivity index is 1.79. The minimum atomic E-state index is -0.239. The molecule has 9 heteroatoms. The van der Waals surface area contributed by atoms with Crippen molar-refractivity contribution in [3.05, 3.63) is 50.9 Å². The van der Waals surface area contributed by atoms with Gasteiger partial charge in [0, 0.05) is 17.8 Å². The number of hydrazone groups is 1. The molecular formula is C14H10ClN5OS2. The van der Waals surface area contributed by atoms with Crippen LogP contribution < -0.4 is 10.6 Å². The second-order valence-corrected chi connectivity index (χ2v) is 7.26. The van der Waals surface area contributed by atoms with Crippen LogP contribution in [0.5, 0.6) is 0 Å². The number of aromatic amines is 1. The van der Waals surface area contributed by atoms with Gasteiger partial charge in [0.1, 0.15) is 4.90 Å². The molecule has 23 heavy (non-hydrogen) atoms. The third kappa shape index (κ3) is 3.37. The fourth-order valence-electron chi connectivity index (χ4n) is 1.97. The van der Waals surface area contributed by atoms with Crippen molar-refractivity contribution >= 4 is 45.2 Å². The Hall–Kier alpha value is -1.95. The van der Waals surface area contributed by atoms with E-state index in [0.717, 1.165) is 9.94 Å². The molecule has 116 valence electrons. The Bertz CT molecular complexity index is 889. The number of hydrogen-bond donors (Lipinski definition) is 1. The maximum atomic E-state index is 11.9. The monoisotopic (exact) mass is 363 g/mol. The quantitative estimate of drug-likeness (QED) is 0.882. The van der Waals surface area contributed by atoms with Gasteiger partial charge in [-0.25, -0.2) is 5.10 Å². The number of aromatic nitrogens is 2. The molecule has 0 spiro atoms. The highest BCUT2D eigenvalue weighted by Gasteiger charge is 2.21. The first-order chi connectivity index (χ1) is 11.1. The van der Waals surface area contributed by atoms with E-state index in [4.69, 9.17) is 11.6 Å². The van der Waals surface area contributed by atoms with Crippen molar-refractivity contribution in [3.63, 3.8) is 0 Å². The van der Waals surface area contributed by atoms with Crippen molar-refractivity contribution in [3.8, 4) is 6.07 Å². The van der Waals surface area contributed by atoms with E-state index in [9.17, 15) is 10.1 Å². The van der Waals surface area contributed by atoms with Crippen LogP contribution in [-0.4, -0.2) is 21.6 Å². The number of benzene rings is 1. The van der Waals surface area contributed by atoms with Crippen molar-refractivity contribution in [2.24, 2.45) is 5.10 Å². The average Bonchev–Trinajstić information content (AvgIpc) is 2.54. The Labute approximate surface area is 145 Å². The van der Waals surface area contributed by atoms with Gasteiger partial charge in [-0.1, -0.05) is 41.2 Å². The van der Waals surface area contributed by atoms with Gasteiger partial charge in [-0.05, 0) is 17.7 Å². The van der Waals surface area contributed by atoms with E-state index in [0.29, 0.717) is 26.9 Å². The Morgan fingerprint density at radius 1 is 1.52 bits per heavy atom. The fraction of sp³-hybridized carbons (Fsp3) is 0.143. The van der Waals surface area contributed by atoms with Gasteiger partial charge >= 0.3 is 0 Å². The number of nitriles is 1. The van der Waals surface area contributed by atoms with Crippen LogP contribution in [0.1, 0.15) is 11.1 Å². The maximum Gasteiger partial charge on any atom is 0.280 e. The summed E-state index contributed by atoms with van der Waals surface area (Å²) in [7, 11) is 1.77. The van der Waals surface area contributed by atoms with Gasteiger partial charge < -0.3 is 0 Å². The predicted molar refractivity (Wildman–Crippen MR) is 94.0 cm³/mol. The second kappa shape index (κ2) is 6.66. The molecule has 1 aromatic carbocycles. The minimum Gasteiger partial charge on any atom is -0.267 e. The summed E-state index contributed by atoms with van der Waals surface area (Å²) in [6.45, 7) is 0. The minimum absolute atomic E-state index is 0.239. The standard InChI is InChI=1S/C14H10ClN5OS2/c1-20-11-6-17-18-13(21)12(11)23-14(19-20)22-7-8-2-3-10(15)4-9(8)5-16/h2-4,6H,7H2,1H3,(H,18,21). The Morgan fingerprint density at radius 2 is 2.35 bits per heavy atom. The molecule has 3 rings (SSSR count). The lowest BCUT2D eigenvalue weighted by atomic mass is 10.1. The molecule has 0 atom stereocenters. The smallest absolute Gasteiger partial charge is 0.267 e. The Kier molecular flexibility index (Phi) is 4.61. The molecule has 0 saturated heterocycles. The van der Waals surface area contributed by atoms with Crippen molar-refractivity contribution in [1.29, 1.82) is 5.26 Å². The SMILES string of the molecule is CN1N=C(SCc2ccc(Cl)cc2C#N)Sc2c1cn[nH]c2=O. The number of hydrogen-bond acceptors (Lipinski definition) is 7. The van der Waals surface area contributed by atoms with Crippen LogP contribution in [0, 0.1) is 11.3 Å². The number of nitrogens with one attached hydrogen (secondary N) is 1. The summed E-state index contributed by atoms with van der Waals surface area (Å²) < 4.78 is 0.732. The number of H-pyrrole nitrogens is 1. The van der Waals surface area contributed by atoms with E-state index in [1.807, 2.05) is 6.07 Å². The molecule has 0 unspecified atom stereocenters. The lowest BCUT2D eigenvalue weighted by Gasteiger charge is -2.21. The molecule has 0 amide bonds. The van der Waals surface area contributed by atoms with Crippen molar-refractivity contribution in [2.75, 3.05) is 12.1 Å². The highest BCUT2D eigenvalue weighted by molar-refractivity contribution is 8.38. The molecule has 2 aromatic rings. The number of rotatable bonds is 2. The summed E-state index contributed by atoms with van der Waals surface area (Å²) in [4.78, 5) is 12.4. The number of anilines is 1. The maximum absolute atomic E-state index is 11.9. The van der Waals surface area contributed by atoms with E-state index >= 15 is 0 Å². The number of halogens is 1. The summed E-state index contributed by atoms with van der Waals surface area (Å²) in [5.74, 6) is 0.568. The first-order valence-electron chi connectivity index (χ1n) is 6.47. The Morgan fingerprint density at radius 3 is 3.13 bits per heavy atom. The van der Waals surface area contributed by atoms with Crippen molar-refractivity contribution in [1.82, 2.24) is 10.2 Å². The normalized spacial score (nSPS) is 13.3. The molecule has 0 radical (unpaired) electrons. The summed E-state index contributed by atoms with van der Waals surface area (Å²) in [5, 5.41) is 22.0. The molecule has 0 bridgehead atoms. The van der Waals surface area contributed by atoms with Gasteiger partial charge in [0.05, 0.1) is 23.5 Å². The van der Waals surface area contributed by atoms with Crippen molar-refractivity contribution in [2.45, 2.75) is 10.6 Å². The lowest BCUT2D eigenvalue weighted by Crippen LogP contribution is -2.22. The molecule has 1 aromatic heterocycles. The molecule has 1 aliphatic rings. The molecule has 0 aliphatic carbocycles. The summed E-state index contributed by atoms with van der Waals surface area (Å²) in [5.41, 5.74) is 1.85. The third-order valence-electron chi connectivity index (χ3n) is 3.10. The molecule has 2 heterocycles. The molecule has 0 saturated carbocycles. The van der Waals surface area contributed by atoms with E-state index in [-0.39, 0.29) is 5.56 Å². The van der Waals surface area contributed by atoms with Gasteiger partial charge in [0.2, 0.25) is 0 Å². The zero-order valence-electron chi connectivity index (χ0n) is 11.9. The topological polar surface area (TPSA) is 85.1 Å². The highest BCUT2D eigenvalue weighted by Crippen LogP contribution is 2.36. The van der Waals surface area contributed by atoms with Gasteiger partial charge in [-0.2, -0.15) is 15.5 Å². The zero-order valence-corrected chi connectivity index (χ0v) is 14.3. The first kappa shape index (κ1) is 15.9. The summed E-state index contributed by atoms with van der Waals surface area (Å²) in [6.07, 6.45) is 1.57. The van der Waals surface area contributed by atoms with Gasteiger partial charge in [0.25, 0.3) is 5.56 Å². The summed E-state index contributed by atoms with van der Waals surface area (Å²) >= 11 is 8.67. The summed E-state index contributed by atoms with van der Waals surface area (Å²) in [6, 6.07) is 7.37. The number of nitrogens with zero attached hydrogens (tertiary/aromatic N) is 4. The number of thioether (sulfide) groups is 2. The molecule has 6 nitrogen and oxygen atoms in total. The second-order valence-electron chi connectivity index (χ2n) is 4.61. The van der Waals surface area contributed by atoms with E-state index in [2.05, 4.69) is 21.4 Å². The van der Waals surface area contributed by atoms with Crippen LogP contribution >= 0.6 is 35.1 Å². The van der Waals surface area contributed by atoms with Gasteiger partial charge in [-0.15, -0.1) is 0 Å². The average molecular weight is 364 g/mol. The van der Waals surface area contributed by atoms with E-state index in [1.54, 1.807) is 30.4 Å². The zero-order chi connectivity index (χ0) is 16.4. The van der Waals surface area contributed by atoms with Crippen LogP contribution in [0.4, 0.5) is 5.69 Å². The molecular weight excluding hydrogens is 354 g/mol. The molecule has 1 aliphatic heterocycles. The highest BCUT2D eigenvalue weighted by atomic mass is 35.5. The largest absolute Gasteiger partial charge is 0.280 e. The lowest BCUT2D eigenvalue weighted by molar-refractivity contribution is 0.899. The molecule has 1 N–H and O–H groups in total. The molecule has 0 fully saturated rings. The van der Waals surface area contributed by atoms with Crippen LogP contribution in [-0.2, 0) is 5.75 Å². The predicted octanol–water partition coefficient (Wildman–Crippen LogP) is 3.04. The van der Waals surface area contributed by atoms with Crippen LogP contribution in [0.2, 0.25) is 5.02 Å². The first-order valence-corrected chi connectivity index (χ1v) is 8.65. The van der Waals surface area contributed by atoms with Crippen LogP contribution in [0.3, 0.4) is 0 Å².